The molecule has 2 N–H and O–H groups in total. The number of hydrogen-bond acceptors (Lipinski definition) is 7. The number of rotatable bonds is 5. The normalized spacial score (nSPS) is 12.2. The lowest BCUT2D eigenvalue weighted by atomic mass is 10.2. The maximum Gasteiger partial charge on any atom is 0.416 e. The van der Waals surface area contributed by atoms with Gasteiger partial charge >= 0.3 is 6.18 Å². The molecule has 3 aromatic carbocycles. The summed E-state index contributed by atoms with van der Waals surface area (Å²) in [7, 11) is 0. The van der Waals surface area contributed by atoms with E-state index >= 15 is 0 Å². The van der Waals surface area contributed by atoms with Crippen LogP contribution in [0.2, 0.25) is 0 Å². The van der Waals surface area contributed by atoms with Gasteiger partial charge in [-0.25, -0.2) is 4.98 Å². The Kier molecular flexibility index (Phi) is 5.63. The van der Waals surface area contributed by atoms with Gasteiger partial charge in [-0.2, -0.15) is 28.5 Å². The summed E-state index contributed by atoms with van der Waals surface area (Å²) in [6.07, 6.45) is -3.06. The monoisotopic (exact) mass is 441 g/mol. The van der Waals surface area contributed by atoms with E-state index in [2.05, 4.69) is 25.7 Å². The van der Waals surface area contributed by atoms with Crippen molar-refractivity contribution in [1.82, 2.24) is 4.98 Å². The second-order valence-electron chi connectivity index (χ2n) is 6.35. The van der Waals surface area contributed by atoms with Crippen molar-refractivity contribution >= 4 is 44.3 Å². The van der Waals surface area contributed by atoms with Crippen molar-refractivity contribution in [2.24, 2.45) is 15.3 Å². The minimum atomic E-state index is -4.45. The number of hydrogen-bond donors (Lipinski definition) is 2. The van der Waals surface area contributed by atoms with Gasteiger partial charge in [0.1, 0.15) is 5.75 Å². The number of aromatic nitrogens is 1. The minimum absolute atomic E-state index is 0.0344. The van der Waals surface area contributed by atoms with Gasteiger partial charge in [0.05, 0.1) is 33.4 Å². The fraction of sp³-hybridized carbons (Fsp3) is 0.0476. The van der Waals surface area contributed by atoms with Crippen LogP contribution >= 0.6 is 11.3 Å². The summed E-state index contributed by atoms with van der Waals surface area (Å²) in [5.74, 6) is -0.0344. The van der Waals surface area contributed by atoms with Gasteiger partial charge in [-0.3, -0.25) is 5.43 Å². The van der Waals surface area contributed by atoms with Crippen molar-refractivity contribution in [3.05, 3.63) is 77.9 Å². The summed E-state index contributed by atoms with van der Waals surface area (Å²) in [5.41, 5.74) is 3.63. The SMILES string of the molecule is Oc1ccc(N=Nc2cccc(C(F)(F)F)c2)cc1/C=N\Nc1nc2ccccc2s1. The Bertz CT molecular complexity index is 1250. The lowest BCUT2D eigenvalue weighted by Crippen LogP contribution is -2.03. The van der Waals surface area contributed by atoms with Gasteiger partial charge in [0.2, 0.25) is 5.13 Å². The van der Waals surface area contributed by atoms with Crippen molar-refractivity contribution in [1.29, 1.82) is 0 Å². The molecular weight excluding hydrogens is 427 g/mol. The Morgan fingerprint density at radius 3 is 2.48 bits per heavy atom. The number of fused-ring (bicyclic) bond motifs is 1. The molecule has 0 aliphatic rings. The zero-order chi connectivity index (χ0) is 21.8. The molecule has 0 saturated heterocycles. The highest BCUT2D eigenvalue weighted by molar-refractivity contribution is 7.22. The smallest absolute Gasteiger partial charge is 0.416 e. The van der Waals surface area contributed by atoms with Crippen molar-refractivity contribution < 1.29 is 18.3 Å². The standard InChI is InChI=1S/C21H14F3N5OS/c22-21(23,24)14-4-3-5-15(11-14)27-28-16-8-9-18(30)13(10-16)12-25-29-20-26-17-6-1-2-7-19(17)31-20/h1-12,30H,(H,26,29)/b25-12-,28-27?. The van der Waals surface area contributed by atoms with E-state index in [-0.39, 0.29) is 11.4 Å². The maximum atomic E-state index is 12.8. The Balaban J connectivity index is 1.49. The number of hydrazone groups is 1. The lowest BCUT2D eigenvalue weighted by molar-refractivity contribution is -0.137. The van der Waals surface area contributed by atoms with Crippen LogP contribution in [0.4, 0.5) is 29.7 Å². The van der Waals surface area contributed by atoms with Gasteiger partial charge in [-0.05, 0) is 48.5 Å². The average Bonchev–Trinajstić information content (AvgIpc) is 3.16. The van der Waals surface area contributed by atoms with Crippen LogP contribution in [0.25, 0.3) is 10.2 Å². The van der Waals surface area contributed by atoms with Gasteiger partial charge in [0.15, 0.2) is 0 Å². The van der Waals surface area contributed by atoms with Gasteiger partial charge in [-0.1, -0.05) is 29.5 Å². The van der Waals surface area contributed by atoms with Crippen LogP contribution in [-0.2, 0) is 6.18 Å². The predicted molar refractivity (Wildman–Crippen MR) is 115 cm³/mol. The molecule has 0 atom stereocenters. The molecule has 10 heteroatoms. The first-order chi connectivity index (χ1) is 14.9. The third-order valence-corrected chi connectivity index (χ3v) is 5.06. The number of nitrogens with one attached hydrogen (secondary N) is 1. The van der Waals surface area contributed by atoms with E-state index in [4.69, 9.17) is 0 Å². The van der Waals surface area contributed by atoms with Crippen LogP contribution in [-0.4, -0.2) is 16.3 Å². The van der Waals surface area contributed by atoms with E-state index in [0.717, 1.165) is 22.3 Å². The zero-order valence-corrected chi connectivity index (χ0v) is 16.5. The van der Waals surface area contributed by atoms with Crippen LogP contribution < -0.4 is 5.43 Å². The van der Waals surface area contributed by atoms with E-state index in [9.17, 15) is 18.3 Å². The highest BCUT2D eigenvalue weighted by atomic mass is 32.1. The summed E-state index contributed by atoms with van der Waals surface area (Å²) >= 11 is 1.44. The Morgan fingerprint density at radius 1 is 0.935 bits per heavy atom. The van der Waals surface area contributed by atoms with Gasteiger partial charge < -0.3 is 5.11 Å². The molecule has 0 amide bonds. The quantitative estimate of drug-likeness (QED) is 0.201. The number of nitrogens with zero attached hydrogens (tertiary/aromatic N) is 4. The third-order valence-electron chi connectivity index (χ3n) is 4.12. The molecule has 1 aromatic heterocycles. The second-order valence-corrected chi connectivity index (χ2v) is 7.38. The molecule has 1 heterocycles. The number of aromatic hydroxyl groups is 1. The number of halogens is 3. The first kappa shape index (κ1) is 20.5. The van der Waals surface area contributed by atoms with E-state index in [0.29, 0.717) is 16.4 Å². The molecule has 0 aliphatic carbocycles. The lowest BCUT2D eigenvalue weighted by Gasteiger charge is -2.06. The van der Waals surface area contributed by atoms with Gasteiger partial charge in [0, 0.05) is 5.56 Å². The maximum absolute atomic E-state index is 12.8. The number of azo groups is 1. The third kappa shape index (κ3) is 5.04. The molecule has 0 radical (unpaired) electrons. The van der Waals surface area contributed by atoms with E-state index in [1.165, 1.54) is 47.9 Å². The number of phenols is 1. The van der Waals surface area contributed by atoms with Crippen LogP contribution in [0.15, 0.2) is 82.1 Å². The summed E-state index contributed by atoms with van der Waals surface area (Å²) in [6.45, 7) is 0. The fourth-order valence-corrected chi connectivity index (χ4v) is 3.46. The molecular formula is C21H14F3N5OS. The number of thiazole rings is 1. The van der Waals surface area contributed by atoms with E-state index < -0.39 is 11.7 Å². The Morgan fingerprint density at radius 2 is 1.71 bits per heavy atom. The van der Waals surface area contributed by atoms with E-state index in [1.54, 1.807) is 0 Å². The molecule has 0 saturated carbocycles. The summed E-state index contributed by atoms with van der Waals surface area (Å²) in [5, 5.41) is 22.5. The Hall–Kier alpha value is -3.79. The topological polar surface area (TPSA) is 82.2 Å². The molecule has 156 valence electrons. The van der Waals surface area contributed by atoms with Crippen molar-refractivity contribution in [3.8, 4) is 5.75 Å². The van der Waals surface area contributed by atoms with Crippen molar-refractivity contribution in [3.63, 3.8) is 0 Å². The molecule has 0 fully saturated rings. The van der Waals surface area contributed by atoms with Gasteiger partial charge in [0.25, 0.3) is 0 Å². The number of benzene rings is 3. The molecule has 0 unspecified atom stereocenters. The van der Waals surface area contributed by atoms with Crippen LogP contribution in [0.3, 0.4) is 0 Å². The average molecular weight is 441 g/mol. The summed E-state index contributed by atoms with van der Waals surface area (Å²) < 4.78 is 39.4. The number of anilines is 1. The predicted octanol–water partition coefficient (Wildman–Crippen LogP) is 6.88. The molecule has 0 spiro atoms. The highest BCUT2D eigenvalue weighted by Gasteiger charge is 2.30. The first-order valence-corrected chi connectivity index (χ1v) is 9.77. The van der Waals surface area contributed by atoms with Gasteiger partial charge in [-0.15, -0.1) is 0 Å². The van der Waals surface area contributed by atoms with E-state index in [1.807, 2.05) is 24.3 Å². The highest BCUT2D eigenvalue weighted by Crippen LogP contribution is 2.32. The van der Waals surface area contributed by atoms with Crippen LogP contribution in [0, 0.1) is 0 Å². The first-order valence-electron chi connectivity index (χ1n) is 8.95. The Labute approximate surface area is 178 Å². The molecule has 4 aromatic rings. The van der Waals surface area contributed by atoms with Crippen LogP contribution in [0.1, 0.15) is 11.1 Å². The molecule has 0 aliphatic heterocycles. The fourth-order valence-electron chi connectivity index (χ4n) is 2.64. The van der Waals surface area contributed by atoms with Crippen molar-refractivity contribution in [2.45, 2.75) is 6.18 Å². The zero-order valence-electron chi connectivity index (χ0n) is 15.7. The summed E-state index contributed by atoms with van der Waals surface area (Å²) in [6, 6.07) is 16.6. The number of para-hydroxylation sites is 1. The molecule has 31 heavy (non-hydrogen) atoms. The molecule has 0 bridgehead atoms. The summed E-state index contributed by atoms with van der Waals surface area (Å²) in [4.78, 5) is 4.39. The molecule has 4 rings (SSSR count). The largest absolute Gasteiger partial charge is 0.507 e. The number of alkyl halides is 3. The molecule has 6 nitrogen and oxygen atoms in total. The van der Waals surface area contributed by atoms with Crippen molar-refractivity contribution in [2.75, 3.05) is 5.43 Å². The number of phenolic OH excluding ortho intramolecular Hbond substituents is 1. The second kappa shape index (κ2) is 8.52. The van der Waals surface area contributed by atoms with Crippen LogP contribution in [0.5, 0.6) is 5.75 Å². The minimum Gasteiger partial charge on any atom is -0.507 e.